The van der Waals surface area contributed by atoms with Gasteiger partial charge in [-0.25, -0.2) is 9.98 Å². The zero-order chi connectivity index (χ0) is 33.7. The molecule has 5 rings (SSSR count). The second-order valence-electron chi connectivity index (χ2n) is 12.9. The van der Waals surface area contributed by atoms with Crippen molar-refractivity contribution in [2.45, 2.75) is 64.0 Å². The molecule has 0 fully saturated rings. The normalized spacial score (nSPS) is 15.4. The van der Waals surface area contributed by atoms with Crippen molar-refractivity contribution >= 4 is 54.1 Å². The van der Waals surface area contributed by atoms with E-state index in [0.717, 1.165) is 24.3 Å². The van der Waals surface area contributed by atoms with Gasteiger partial charge in [-0.05, 0) is 17.7 Å². The van der Waals surface area contributed by atoms with Gasteiger partial charge >= 0.3 is 208 Å². The monoisotopic (exact) mass is 775 g/mol. The minimum absolute atomic E-state index is 0.339. The molecule has 0 aliphatic carbocycles. The van der Waals surface area contributed by atoms with E-state index in [1.165, 1.54) is 73.4 Å². The number of hydrogen-bond donors (Lipinski definition) is 2. The fourth-order valence-corrected chi connectivity index (χ4v) is 15.3. The van der Waals surface area contributed by atoms with Crippen LogP contribution in [0.2, 0.25) is 0 Å². The van der Waals surface area contributed by atoms with Crippen LogP contribution < -0.4 is 31.7 Å². The molecule has 4 aromatic carbocycles. The van der Waals surface area contributed by atoms with Crippen molar-refractivity contribution in [1.29, 1.82) is 0 Å². The van der Waals surface area contributed by atoms with Crippen LogP contribution in [0.25, 0.3) is 0 Å². The summed E-state index contributed by atoms with van der Waals surface area (Å²) in [6.07, 6.45) is 12.2. The Morgan fingerprint density at radius 1 is 0.646 bits per heavy atom. The maximum atomic E-state index is 6.02. The molecule has 1 unspecified atom stereocenters. The molecule has 3 N–H and O–H groups in total. The van der Waals surface area contributed by atoms with Crippen LogP contribution in [0.15, 0.2) is 125 Å². The average Bonchev–Trinajstić information content (AvgIpc) is 3.13. The Labute approximate surface area is 300 Å². The molecule has 4 aromatic rings. The number of nitrogens with zero attached hydrogens (tertiary/aromatic N) is 3. The minimum Gasteiger partial charge on any atom is -0.370 e. The Bertz CT molecular complexity index is 1510. The van der Waals surface area contributed by atoms with E-state index in [1.807, 2.05) is 43.3 Å². The largest absolute Gasteiger partial charge is 0.370 e. The fourth-order valence-electron chi connectivity index (χ4n) is 6.56. The van der Waals surface area contributed by atoms with Crippen molar-refractivity contribution < 1.29 is 4.74 Å². The van der Waals surface area contributed by atoms with Gasteiger partial charge in [-0.2, -0.15) is 0 Å². The Morgan fingerprint density at radius 2 is 1.10 bits per heavy atom. The molecule has 0 bridgehead atoms. The molecular formula is C40H51IN5OP. The van der Waals surface area contributed by atoms with E-state index >= 15 is 0 Å². The summed E-state index contributed by atoms with van der Waals surface area (Å²) in [4.78, 5) is 10.9. The van der Waals surface area contributed by atoms with Crippen molar-refractivity contribution in [3.8, 4) is 5.75 Å². The molecule has 48 heavy (non-hydrogen) atoms. The Morgan fingerprint density at radius 3 is 1.58 bits per heavy atom. The van der Waals surface area contributed by atoms with Gasteiger partial charge in [0.05, 0.1) is 0 Å². The molecule has 1 atom stereocenters. The van der Waals surface area contributed by atoms with E-state index in [1.54, 1.807) is 0 Å². The van der Waals surface area contributed by atoms with E-state index in [0.29, 0.717) is 11.9 Å². The molecule has 1 aliphatic rings. The molecule has 1 aliphatic heterocycles. The molecule has 6 nitrogen and oxygen atoms in total. The van der Waals surface area contributed by atoms with E-state index in [2.05, 4.69) is 128 Å². The molecule has 254 valence electrons. The van der Waals surface area contributed by atoms with Gasteiger partial charge in [0.25, 0.3) is 0 Å². The first-order valence-corrected chi connectivity index (χ1v) is 22.6. The zero-order valence-electron chi connectivity index (χ0n) is 28.5. The molecule has 0 radical (unpaired) electrons. The summed E-state index contributed by atoms with van der Waals surface area (Å²) in [5.74, 6) is 1.96. The molecule has 8 heteroatoms. The number of benzene rings is 4. The quantitative estimate of drug-likeness (QED) is 0.0644. The van der Waals surface area contributed by atoms with Gasteiger partial charge in [-0.3, -0.25) is 5.32 Å². The Kier molecular flexibility index (Phi) is 12.9. The summed E-state index contributed by atoms with van der Waals surface area (Å²) in [5, 5.41) is 7.43. The SMILES string of the molecule is CN(C)C1=NC(c2ccc(OCCCCCCCCCCCP(I)(c3ccccc3)(c3ccccc3)c3ccccc3)cc2)N=C(N)N1. The Balaban J connectivity index is 1.02. The fraction of sp³-hybridized carbons (Fsp3) is 0.350. The number of guanidine groups is 2. The molecular weight excluding hydrogens is 724 g/mol. The maximum Gasteiger partial charge on any atom is 0.197 e. The molecule has 0 aromatic heterocycles. The maximum absolute atomic E-state index is 6.02. The van der Waals surface area contributed by atoms with Crippen LogP contribution in [0.3, 0.4) is 0 Å². The van der Waals surface area contributed by atoms with E-state index < -0.39 is 4.25 Å². The minimum atomic E-state index is -2.64. The second kappa shape index (κ2) is 17.3. The van der Waals surface area contributed by atoms with E-state index in [-0.39, 0.29) is 6.17 Å². The van der Waals surface area contributed by atoms with Crippen LogP contribution in [0.5, 0.6) is 5.75 Å². The van der Waals surface area contributed by atoms with Crippen molar-refractivity contribution in [3.05, 3.63) is 121 Å². The third kappa shape index (κ3) is 8.78. The smallest absolute Gasteiger partial charge is 0.197 e. The van der Waals surface area contributed by atoms with Gasteiger partial charge in [-0.15, -0.1) is 0 Å². The number of aliphatic imine (C=N–C) groups is 2. The number of halogens is 1. The van der Waals surface area contributed by atoms with Crippen LogP contribution in [0.4, 0.5) is 0 Å². The first-order chi connectivity index (χ1) is 23.4. The summed E-state index contributed by atoms with van der Waals surface area (Å²) in [5.41, 5.74) is 6.94. The van der Waals surface area contributed by atoms with Gasteiger partial charge in [-0.1, -0.05) is 12.1 Å². The van der Waals surface area contributed by atoms with Crippen LogP contribution in [0.1, 0.15) is 69.5 Å². The number of rotatable bonds is 17. The summed E-state index contributed by atoms with van der Waals surface area (Å²) >= 11 is 2.92. The molecule has 0 saturated heterocycles. The van der Waals surface area contributed by atoms with Gasteiger partial charge < -0.3 is 10.6 Å². The number of ether oxygens (including phenoxy) is 1. The van der Waals surface area contributed by atoms with Gasteiger partial charge in [0, 0.05) is 14.1 Å². The third-order valence-corrected chi connectivity index (χ3v) is 21.0. The molecule has 0 saturated carbocycles. The predicted octanol–water partition coefficient (Wildman–Crippen LogP) is 8.29. The molecule has 0 amide bonds. The average molecular weight is 776 g/mol. The summed E-state index contributed by atoms with van der Waals surface area (Å²) in [6, 6.07) is 41.9. The second-order valence-corrected chi connectivity index (χ2v) is 23.6. The van der Waals surface area contributed by atoms with E-state index in [4.69, 9.17) is 10.5 Å². The number of nitrogens with one attached hydrogen (secondary N) is 1. The number of nitrogens with two attached hydrogens (primary N) is 1. The van der Waals surface area contributed by atoms with Crippen LogP contribution in [-0.4, -0.2) is 43.7 Å². The topological polar surface area (TPSA) is 75.2 Å². The first-order valence-electron chi connectivity index (χ1n) is 17.4. The first kappa shape index (κ1) is 35.9. The van der Waals surface area contributed by atoms with Crippen LogP contribution >= 0.6 is 26.3 Å². The van der Waals surface area contributed by atoms with Crippen molar-refractivity contribution in [3.63, 3.8) is 0 Å². The molecule has 0 spiro atoms. The van der Waals surface area contributed by atoms with Gasteiger partial charge in [0.1, 0.15) is 5.75 Å². The summed E-state index contributed by atoms with van der Waals surface area (Å²) in [6.45, 7) is 0.743. The van der Waals surface area contributed by atoms with Crippen molar-refractivity contribution in [2.24, 2.45) is 15.7 Å². The summed E-state index contributed by atoms with van der Waals surface area (Å²) < 4.78 is 3.38. The number of unbranched alkanes of at least 4 members (excludes halogenated alkanes) is 8. The molecule has 1 heterocycles. The van der Waals surface area contributed by atoms with E-state index in [9.17, 15) is 0 Å². The predicted molar refractivity (Wildman–Crippen MR) is 216 cm³/mol. The van der Waals surface area contributed by atoms with Gasteiger partial charge in [0.15, 0.2) is 12.1 Å². The third-order valence-electron chi connectivity index (χ3n) is 9.22. The van der Waals surface area contributed by atoms with Gasteiger partial charge in [0.2, 0.25) is 5.96 Å². The van der Waals surface area contributed by atoms with Crippen LogP contribution in [-0.2, 0) is 0 Å². The standard InChI is InChI=1S/C40H51IN5OP/c1-46(2)40-44-38(43-39(42)45-40)33-27-29-34(30-28-33)47-31-19-8-6-4-3-5-7-9-20-32-48(41,35-21-13-10-14-22-35,36-23-15-11-16-24-36)37-25-17-12-18-26-37/h10-18,21-30,38H,3-9,19-20,31-32H2,1-2H3,(H3,42,43,44,45). The zero-order valence-corrected chi connectivity index (χ0v) is 31.5. The van der Waals surface area contributed by atoms with Crippen LogP contribution in [0, 0.1) is 0 Å². The van der Waals surface area contributed by atoms with Crippen molar-refractivity contribution in [2.75, 3.05) is 26.9 Å². The summed E-state index contributed by atoms with van der Waals surface area (Å²) in [7, 11) is 3.85. The Hall–Kier alpha value is -3.42. The number of hydrogen-bond acceptors (Lipinski definition) is 6. The van der Waals surface area contributed by atoms with Crippen molar-refractivity contribution in [1.82, 2.24) is 10.2 Å².